The maximum atomic E-state index is 13.2. The second kappa shape index (κ2) is 10.6. The average Bonchev–Trinajstić information content (AvgIpc) is 3.35. The molecule has 188 valence electrons. The van der Waals surface area contributed by atoms with E-state index >= 15 is 0 Å². The smallest absolute Gasteiger partial charge is 0.250 e. The molecule has 2 aromatic heterocycles. The zero-order valence-electron chi connectivity index (χ0n) is 20.3. The number of fused-ring (bicyclic) bond motifs is 1. The maximum Gasteiger partial charge on any atom is 0.250 e. The molecular weight excluding hydrogens is 494 g/mol. The largest absolute Gasteiger partial charge is 0.439 e. The van der Waals surface area contributed by atoms with Gasteiger partial charge >= 0.3 is 0 Å². The van der Waals surface area contributed by atoms with E-state index in [2.05, 4.69) is 20.7 Å². The number of hydrogen-bond acceptors (Lipinski definition) is 7. The van der Waals surface area contributed by atoms with Crippen molar-refractivity contribution >= 4 is 37.1 Å². The van der Waals surface area contributed by atoms with E-state index in [-0.39, 0.29) is 0 Å². The highest BCUT2D eigenvalue weighted by molar-refractivity contribution is 7.91. The molecule has 3 heterocycles. The van der Waals surface area contributed by atoms with E-state index in [4.69, 9.17) is 9.47 Å². The van der Waals surface area contributed by atoms with Gasteiger partial charge in [0.2, 0.25) is 5.88 Å². The van der Waals surface area contributed by atoms with Crippen LogP contribution >= 0.6 is 11.3 Å². The number of anilines is 1. The predicted molar refractivity (Wildman–Crippen MR) is 144 cm³/mol. The molecule has 5 rings (SSSR count). The molecule has 4 aromatic rings. The zero-order chi connectivity index (χ0) is 25.1. The van der Waals surface area contributed by atoms with E-state index < -0.39 is 16.1 Å². The maximum absolute atomic E-state index is 13.2. The number of nitrogens with one attached hydrogen (secondary N) is 1. The van der Waals surface area contributed by atoms with Gasteiger partial charge in [-0.25, -0.2) is 18.1 Å². The highest BCUT2D eigenvalue weighted by atomic mass is 32.2. The van der Waals surface area contributed by atoms with Crippen LogP contribution < -0.4 is 14.4 Å². The Morgan fingerprint density at radius 2 is 1.92 bits per heavy atom. The van der Waals surface area contributed by atoms with Gasteiger partial charge in [-0.05, 0) is 54.6 Å². The minimum absolute atomic E-state index is 0.305. The van der Waals surface area contributed by atoms with Crippen molar-refractivity contribution in [2.45, 2.75) is 30.5 Å². The third kappa shape index (κ3) is 5.24. The Morgan fingerprint density at radius 3 is 2.69 bits per heavy atom. The fraction of sp³-hybridized carbons (Fsp3) is 0.296. The Labute approximate surface area is 215 Å². The van der Waals surface area contributed by atoms with Crippen molar-refractivity contribution in [3.8, 4) is 11.6 Å². The van der Waals surface area contributed by atoms with Gasteiger partial charge < -0.3 is 14.4 Å². The monoisotopic (exact) mass is 523 g/mol. The average molecular weight is 524 g/mol. The predicted octanol–water partition coefficient (Wildman–Crippen LogP) is 5.53. The van der Waals surface area contributed by atoms with Crippen molar-refractivity contribution in [2.75, 3.05) is 31.2 Å². The standard InChI is InChI=1S/C27H29N3O4S2/c1-3-23-24(19(2)29-36(31,32)26-17-20-7-4-5-10-25(20)35-26)11-12-28-27(23)34-22-9-6-8-21(18-22)30-13-15-33-16-14-30/h4-12,17-19,29H,3,13-16H2,1-2H3. The van der Waals surface area contributed by atoms with E-state index in [1.165, 1.54) is 11.3 Å². The summed E-state index contributed by atoms with van der Waals surface area (Å²) in [5.41, 5.74) is 2.80. The third-order valence-electron chi connectivity index (χ3n) is 6.28. The molecule has 1 aliphatic rings. The first kappa shape index (κ1) is 24.7. The number of ether oxygens (including phenoxy) is 2. The minimum atomic E-state index is -3.69. The summed E-state index contributed by atoms with van der Waals surface area (Å²) in [6, 6.07) is 18.7. The lowest BCUT2D eigenvalue weighted by Crippen LogP contribution is -2.36. The second-order valence-electron chi connectivity index (χ2n) is 8.68. The van der Waals surface area contributed by atoms with Crippen LogP contribution in [-0.2, 0) is 21.2 Å². The van der Waals surface area contributed by atoms with Crippen LogP contribution in [0.1, 0.15) is 31.0 Å². The Hall–Kier alpha value is -2.98. The molecule has 1 atom stereocenters. The Bertz CT molecular complexity index is 1430. The summed E-state index contributed by atoms with van der Waals surface area (Å²) >= 11 is 1.27. The van der Waals surface area contributed by atoms with E-state index in [0.29, 0.717) is 35.5 Å². The molecule has 0 radical (unpaired) electrons. The fourth-order valence-corrected chi connectivity index (χ4v) is 7.09. The van der Waals surface area contributed by atoms with Crippen LogP contribution in [0.3, 0.4) is 0 Å². The molecule has 36 heavy (non-hydrogen) atoms. The summed E-state index contributed by atoms with van der Waals surface area (Å²) in [6.07, 6.45) is 2.32. The number of nitrogens with zero attached hydrogens (tertiary/aromatic N) is 2. The highest BCUT2D eigenvalue weighted by Gasteiger charge is 2.24. The number of benzene rings is 2. The first-order valence-corrected chi connectivity index (χ1v) is 14.3. The number of sulfonamides is 1. The van der Waals surface area contributed by atoms with Gasteiger partial charge in [-0.1, -0.05) is 31.2 Å². The number of pyridine rings is 1. The van der Waals surface area contributed by atoms with E-state index in [0.717, 1.165) is 40.0 Å². The number of morpholine rings is 1. The van der Waals surface area contributed by atoms with Crippen LogP contribution in [0.4, 0.5) is 5.69 Å². The molecule has 1 fully saturated rings. The number of aromatic nitrogens is 1. The summed E-state index contributed by atoms with van der Waals surface area (Å²) in [5, 5.41) is 0.920. The number of thiophene rings is 1. The van der Waals surface area contributed by atoms with Crippen LogP contribution in [0.2, 0.25) is 0 Å². The summed E-state index contributed by atoms with van der Waals surface area (Å²) in [4.78, 5) is 6.75. The lowest BCUT2D eigenvalue weighted by atomic mass is 10.0. The van der Waals surface area contributed by atoms with Gasteiger partial charge in [0.25, 0.3) is 10.0 Å². The zero-order valence-corrected chi connectivity index (χ0v) is 21.9. The minimum Gasteiger partial charge on any atom is -0.439 e. The molecule has 0 saturated carbocycles. The van der Waals surface area contributed by atoms with Crippen molar-refractivity contribution in [1.29, 1.82) is 0 Å². The van der Waals surface area contributed by atoms with Gasteiger partial charge in [-0.15, -0.1) is 11.3 Å². The molecule has 2 aromatic carbocycles. The summed E-state index contributed by atoms with van der Waals surface area (Å²) < 4.78 is 42.2. The summed E-state index contributed by atoms with van der Waals surface area (Å²) in [6.45, 7) is 6.98. The van der Waals surface area contributed by atoms with Gasteiger partial charge in [0.05, 0.1) is 13.2 Å². The Morgan fingerprint density at radius 1 is 1.11 bits per heavy atom. The van der Waals surface area contributed by atoms with Gasteiger partial charge in [-0.2, -0.15) is 0 Å². The van der Waals surface area contributed by atoms with Crippen molar-refractivity contribution in [2.24, 2.45) is 0 Å². The topological polar surface area (TPSA) is 80.8 Å². The van der Waals surface area contributed by atoms with Gasteiger partial charge in [0, 0.05) is 47.3 Å². The van der Waals surface area contributed by atoms with Crippen LogP contribution in [-0.4, -0.2) is 39.7 Å². The van der Waals surface area contributed by atoms with E-state index in [1.54, 1.807) is 12.3 Å². The molecule has 0 amide bonds. The van der Waals surface area contributed by atoms with Gasteiger partial charge in [-0.3, -0.25) is 0 Å². The highest BCUT2D eigenvalue weighted by Crippen LogP contribution is 2.33. The lowest BCUT2D eigenvalue weighted by molar-refractivity contribution is 0.122. The van der Waals surface area contributed by atoms with E-state index in [1.807, 2.05) is 62.4 Å². The first-order valence-electron chi connectivity index (χ1n) is 12.0. The molecule has 0 spiro atoms. The first-order chi connectivity index (χ1) is 17.4. The molecule has 7 nitrogen and oxygen atoms in total. The van der Waals surface area contributed by atoms with Crippen LogP contribution in [0, 0.1) is 0 Å². The molecule has 1 unspecified atom stereocenters. The number of rotatable bonds is 8. The number of hydrogen-bond donors (Lipinski definition) is 1. The van der Waals surface area contributed by atoms with Gasteiger partial charge in [0.15, 0.2) is 0 Å². The van der Waals surface area contributed by atoms with E-state index in [9.17, 15) is 8.42 Å². The molecule has 9 heteroatoms. The fourth-order valence-electron chi connectivity index (χ4n) is 4.46. The van der Waals surface area contributed by atoms with Crippen molar-refractivity contribution in [3.05, 3.63) is 78.0 Å². The molecule has 1 N–H and O–H groups in total. The second-order valence-corrected chi connectivity index (χ2v) is 11.7. The van der Waals surface area contributed by atoms with Crippen molar-refractivity contribution in [3.63, 3.8) is 0 Å². The molecule has 0 bridgehead atoms. The van der Waals surface area contributed by atoms with Crippen molar-refractivity contribution in [1.82, 2.24) is 9.71 Å². The van der Waals surface area contributed by atoms with Crippen LogP contribution in [0.25, 0.3) is 10.1 Å². The quantitative estimate of drug-likeness (QED) is 0.327. The SMILES string of the molecule is CCc1c(C(C)NS(=O)(=O)c2cc3ccccc3s2)ccnc1Oc1cccc(N2CCOCC2)c1. The normalized spacial score (nSPS) is 15.2. The third-order valence-corrected chi connectivity index (χ3v) is 9.41. The molecule has 1 aliphatic heterocycles. The van der Waals surface area contributed by atoms with Crippen LogP contribution in [0.5, 0.6) is 11.6 Å². The Kier molecular flexibility index (Phi) is 7.25. The Balaban J connectivity index is 1.38. The summed E-state index contributed by atoms with van der Waals surface area (Å²) in [7, 11) is -3.69. The van der Waals surface area contributed by atoms with Crippen molar-refractivity contribution < 1.29 is 17.9 Å². The van der Waals surface area contributed by atoms with Gasteiger partial charge in [0.1, 0.15) is 9.96 Å². The molecule has 1 saturated heterocycles. The molecular formula is C27H29N3O4S2. The summed E-state index contributed by atoms with van der Waals surface area (Å²) in [5.74, 6) is 1.18. The molecule has 0 aliphatic carbocycles. The van der Waals surface area contributed by atoms with Crippen LogP contribution in [0.15, 0.2) is 71.1 Å². The lowest BCUT2D eigenvalue weighted by Gasteiger charge is -2.29.